The van der Waals surface area contributed by atoms with Gasteiger partial charge in [-0.1, -0.05) is 63.8 Å². The highest BCUT2D eigenvalue weighted by Gasteiger charge is 2.44. The van der Waals surface area contributed by atoms with Crippen LogP contribution in [0.25, 0.3) is 0 Å². The summed E-state index contributed by atoms with van der Waals surface area (Å²) in [4.78, 5) is 11.9. The molecular formula is C23H42NO3+. The summed E-state index contributed by atoms with van der Waals surface area (Å²) in [6.45, 7) is 10.6. The molecule has 0 saturated carbocycles. The lowest BCUT2D eigenvalue weighted by atomic mass is 9.85. The molecule has 1 atom stereocenters. The average Bonchev–Trinajstić information content (AvgIpc) is 3.21. The van der Waals surface area contributed by atoms with Crippen LogP contribution in [0.4, 0.5) is 0 Å². The van der Waals surface area contributed by atoms with Crippen LogP contribution < -0.4 is 0 Å². The number of unbranched alkanes of at least 4 members (excludes halogenated alkanes) is 6. The number of quaternary nitrogens is 1. The first-order chi connectivity index (χ1) is 12.9. The Morgan fingerprint density at radius 1 is 0.889 bits per heavy atom. The fraction of sp³-hybridized carbons (Fsp3) is 0.783. The van der Waals surface area contributed by atoms with Crippen LogP contribution >= 0.6 is 0 Å². The Morgan fingerprint density at radius 3 is 1.81 bits per heavy atom. The minimum atomic E-state index is -1.70. The van der Waals surface area contributed by atoms with Gasteiger partial charge in [-0.25, -0.2) is 4.79 Å². The Kier molecular flexibility index (Phi) is 10.9. The quantitative estimate of drug-likeness (QED) is 0.295. The summed E-state index contributed by atoms with van der Waals surface area (Å²) in [5.41, 5.74) is -1.70. The molecule has 1 aliphatic rings. The SMILES string of the molecule is CCCCCC[N+](CC)(CCCCCC)CCC(O)(C(=O)O)C1C=CC=C1. The monoisotopic (exact) mass is 380 g/mol. The topological polar surface area (TPSA) is 57.5 Å². The summed E-state index contributed by atoms with van der Waals surface area (Å²) in [6, 6.07) is 0. The zero-order valence-corrected chi connectivity index (χ0v) is 17.8. The van der Waals surface area contributed by atoms with E-state index >= 15 is 0 Å². The highest BCUT2D eigenvalue weighted by Crippen LogP contribution is 2.30. The maximum atomic E-state index is 11.9. The first-order valence-corrected chi connectivity index (χ1v) is 11.1. The van der Waals surface area contributed by atoms with Crippen molar-refractivity contribution in [3.05, 3.63) is 24.3 Å². The van der Waals surface area contributed by atoms with Crippen molar-refractivity contribution in [2.45, 2.75) is 84.2 Å². The number of allylic oxidation sites excluding steroid dienone is 2. The van der Waals surface area contributed by atoms with Gasteiger partial charge in [-0.15, -0.1) is 0 Å². The maximum Gasteiger partial charge on any atom is 0.336 e. The first kappa shape index (κ1) is 23.9. The van der Waals surface area contributed by atoms with Crippen LogP contribution in [-0.4, -0.2) is 52.4 Å². The van der Waals surface area contributed by atoms with Gasteiger partial charge < -0.3 is 14.7 Å². The number of nitrogens with zero attached hydrogens (tertiary/aromatic N) is 1. The van der Waals surface area contributed by atoms with Gasteiger partial charge >= 0.3 is 5.97 Å². The Hall–Kier alpha value is -1.13. The highest BCUT2D eigenvalue weighted by atomic mass is 16.4. The molecule has 1 aliphatic carbocycles. The molecule has 0 amide bonds. The van der Waals surface area contributed by atoms with E-state index in [1.165, 1.54) is 51.4 Å². The predicted molar refractivity (Wildman–Crippen MR) is 113 cm³/mol. The Labute approximate surface area is 166 Å². The molecule has 0 aromatic rings. The van der Waals surface area contributed by atoms with Gasteiger partial charge in [0.15, 0.2) is 5.60 Å². The van der Waals surface area contributed by atoms with E-state index in [0.29, 0.717) is 6.42 Å². The lowest BCUT2D eigenvalue weighted by molar-refractivity contribution is -0.927. The first-order valence-electron chi connectivity index (χ1n) is 11.1. The second-order valence-corrected chi connectivity index (χ2v) is 8.23. The van der Waals surface area contributed by atoms with E-state index in [2.05, 4.69) is 20.8 Å². The Bertz CT molecular complexity index is 462. The van der Waals surface area contributed by atoms with Crippen LogP contribution in [0.5, 0.6) is 0 Å². The largest absolute Gasteiger partial charge is 0.479 e. The summed E-state index contributed by atoms with van der Waals surface area (Å²) < 4.78 is 0.934. The minimum absolute atomic E-state index is 0.303. The molecule has 0 radical (unpaired) electrons. The van der Waals surface area contributed by atoms with Gasteiger partial charge in [-0.2, -0.15) is 0 Å². The molecule has 0 saturated heterocycles. The van der Waals surface area contributed by atoms with Crippen molar-refractivity contribution in [2.75, 3.05) is 26.2 Å². The van der Waals surface area contributed by atoms with Crippen LogP contribution in [0.2, 0.25) is 0 Å². The molecule has 2 N–H and O–H groups in total. The van der Waals surface area contributed by atoms with Crippen molar-refractivity contribution < 1.29 is 19.5 Å². The number of carbonyl (C=O) groups is 1. The molecule has 0 fully saturated rings. The van der Waals surface area contributed by atoms with Gasteiger partial charge in [0, 0.05) is 12.3 Å². The summed E-state index contributed by atoms with van der Waals surface area (Å²) in [5.74, 6) is -1.52. The molecule has 0 aliphatic heterocycles. The van der Waals surface area contributed by atoms with Crippen LogP contribution in [0.15, 0.2) is 24.3 Å². The molecule has 4 heteroatoms. The minimum Gasteiger partial charge on any atom is -0.479 e. The second kappa shape index (κ2) is 12.4. The zero-order valence-electron chi connectivity index (χ0n) is 17.8. The normalized spacial score (nSPS) is 16.7. The highest BCUT2D eigenvalue weighted by molar-refractivity contribution is 5.78. The van der Waals surface area contributed by atoms with Crippen LogP contribution in [0.3, 0.4) is 0 Å². The van der Waals surface area contributed by atoms with Crippen molar-refractivity contribution in [3.63, 3.8) is 0 Å². The van der Waals surface area contributed by atoms with Gasteiger partial charge in [0.2, 0.25) is 0 Å². The third kappa shape index (κ3) is 7.42. The summed E-state index contributed by atoms with van der Waals surface area (Å²) in [6.07, 6.45) is 17.4. The molecule has 156 valence electrons. The van der Waals surface area contributed by atoms with Crippen LogP contribution in [0, 0.1) is 5.92 Å². The van der Waals surface area contributed by atoms with Gasteiger partial charge in [-0.05, 0) is 32.6 Å². The molecule has 4 nitrogen and oxygen atoms in total. The van der Waals surface area contributed by atoms with E-state index in [9.17, 15) is 15.0 Å². The van der Waals surface area contributed by atoms with Gasteiger partial charge in [0.25, 0.3) is 0 Å². The Balaban J connectivity index is 2.80. The van der Waals surface area contributed by atoms with Crippen LogP contribution in [0.1, 0.15) is 78.6 Å². The number of aliphatic carboxylic acids is 1. The summed E-state index contributed by atoms with van der Waals surface area (Å²) in [7, 11) is 0. The van der Waals surface area contributed by atoms with E-state index < -0.39 is 17.5 Å². The molecule has 27 heavy (non-hydrogen) atoms. The molecule has 0 aromatic carbocycles. The van der Waals surface area contributed by atoms with E-state index in [1.807, 2.05) is 12.2 Å². The van der Waals surface area contributed by atoms with Crippen LogP contribution in [-0.2, 0) is 4.79 Å². The zero-order chi connectivity index (χ0) is 20.2. The van der Waals surface area contributed by atoms with E-state index in [4.69, 9.17) is 0 Å². The third-order valence-electron chi connectivity index (χ3n) is 6.28. The summed E-state index contributed by atoms with van der Waals surface area (Å²) >= 11 is 0. The van der Waals surface area contributed by atoms with Gasteiger partial charge in [-0.3, -0.25) is 0 Å². The second-order valence-electron chi connectivity index (χ2n) is 8.23. The summed E-state index contributed by atoms with van der Waals surface area (Å²) in [5, 5.41) is 20.7. The number of rotatable bonds is 16. The number of aliphatic hydroxyl groups is 1. The number of carboxylic acid groups (broad SMARTS) is 1. The van der Waals surface area contributed by atoms with Crippen molar-refractivity contribution in [3.8, 4) is 0 Å². The van der Waals surface area contributed by atoms with Crippen molar-refractivity contribution >= 4 is 5.97 Å². The fourth-order valence-electron chi connectivity index (χ4n) is 4.13. The number of hydrogen-bond donors (Lipinski definition) is 2. The predicted octanol–water partition coefficient (Wildman–Crippen LogP) is 4.93. The van der Waals surface area contributed by atoms with Gasteiger partial charge in [0.05, 0.1) is 26.2 Å². The molecular weight excluding hydrogens is 338 g/mol. The average molecular weight is 381 g/mol. The molecule has 0 spiro atoms. The van der Waals surface area contributed by atoms with E-state index in [0.717, 1.165) is 30.7 Å². The Morgan fingerprint density at radius 2 is 1.41 bits per heavy atom. The molecule has 0 heterocycles. The molecule has 1 rings (SSSR count). The smallest absolute Gasteiger partial charge is 0.336 e. The van der Waals surface area contributed by atoms with Gasteiger partial charge in [0.1, 0.15) is 0 Å². The lowest BCUT2D eigenvalue weighted by Gasteiger charge is -2.40. The van der Waals surface area contributed by atoms with Crippen molar-refractivity contribution in [1.82, 2.24) is 0 Å². The fourth-order valence-corrected chi connectivity index (χ4v) is 4.13. The molecule has 0 bridgehead atoms. The number of carboxylic acids is 1. The third-order valence-corrected chi connectivity index (χ3v) is 6.28. The molecule has 1 unspecified atom stereocenters. The standard InChI is InChI=1S/C23H41NO3/c1-4-7-9-13-18-24(6-3,19-14-10-8-5-2)20-17-23(27,22(25)26)21-15-11-12-16-21/h11-12,15-16,21,27H,4-10,13-14,17-20H2,1-3H3/p+1. The lowest BCUT2D eigenvalue weighted by Crippen LogP contribution is -2.54. The number of hydrogen-bond acceptors (Lipinski definition) is 2. The maximum absolute atomic E-state index is 11.9. The van der Waals surface area contributed by atoms with E-state index in [-0.39, 0.29) is 0 Å². The van der Waals surface area contributed by atoms with E-state index in [1.54, 1.807) is 12.2 Å². The van der Waals surface area contributed by atoms with Crippen molar-refractivity contribution in [1.29, 1.82) is 0 Å². The van der Waals surface area contributed by atoms with Crippen molar-refractivity contribution in [2.24, 2.45) is 5.92 Å². The molecule has 0 aromatic heterocycles.